The standard InChI is InChI=1S/C22H23FN4O2/c1-4-28-19-7-5-6-16-11-20(29-21(16)19)14(2)27-22(25-3)26-13-17-9-8-15(12-24)10-18(17)23/h5-11,14H,4,13H2,1-3H3,(H2,25,26,27). The van der Waals surface area contributed by atoms with Crippen molar-refractivity contribution in [2.75, 3.05) is 13.7 Å². The van der Waals surface area contributed by atoms with Crippen LogP contribution >= 0.6 is 0 Å². The van der Waals surface area contributed by atoms with Crippen molar-refractivity contribution in [1.29, 1.82) is 5.26 Å². The van der Waals surface area contributed by atoms with Gasteiger partial charge in [0.05, 0.1) is 24.3 Å². The Morgan fingerprint density at radius 1 is 1.31 bits per heavy atom. The topological polar surface area (TPSA) is 82.6 Å². The fourth-order valence-corrected chi connectivity index (χ4v) is 2.95. The van der Waals surface area contributed by atoms with Crippen molar-refractivity contribution in [2.24, 2.45) is 4.99 Å². The van der Waals surface area contributed by atoms with E-state index < -0.39 is 5.82 Å². The number of hydrogen-bond donors (Lipinski definition) is 2. The van der Waals surface area contributed by atoms with E-state index in [1.165, 1.54) is 6.07 Å². The van der Waals surface area contributed by atoms with E-state index in [9.17, 15) is 4.39 Å². The molecule has 0 aliphatic heterocycles. The molecule has 7 heteroatoms. The van der Waals surface area contributed by atoms with Crippen molar-refractivity contribution in [3.63, 3.8) is 0 Å². The van der Waals surface area contributed by atoms with Crippen molar-refractivity contribution in [3.8, 4) is 11.8 Å². The van der Waals surface area contributed by atoms with Gasteiger partial charge in [-0.2, -0.15) is 5.26 Å². The van der Waals surface area contributed by atoms with Crippen LogP contribution in [0.3, 0.4) is 0 Å². The molecule has 1 unspecified atom stereocenters. The number of nitriles is 1. The van der Waals surface area contributed by atoms with Gasteiger partial charge in [-0.1, -0.05) is 18.2 Å². The third-order valence-electron chi connectivity index (χ3n) is 4.46. The van der Waals surface area contributed by atoms with Crippen molar-refractivity contribution >= 4 is 16.9 Å². The highest BCUT2D eigenvalue weighted by Crippen LogP contribution is 2.31. The Bertz CT molecular complexity index is 1070. The quantitative estimate of drug-likeness (QED) is 0.482. The van der Waals surface area contributed by atoms with E-state index >= 15 is 0 Å². The zero-order valence-corrected chi connectivity index (χ0v) is 16.6. The number of nitrogens with one attached hydrogen (secondary N) is 2. The number of halogens is 1. The highest BCUT2D eigenvalue weighted by atomic mass is 19.1. The Balaban J connectivity index is 1.69. The lowest BCUT2D eigenvalue weighted by atomic mass is 10.1. The summed E-state index contributed by atoms with van der Waals surface area (Å²) in [6.45, 7) is 4.68. The maximum atomic E-state index is 14.1. The van der Waals surface area contributed by atoms with Gasteiger partial charge in [0.2, 0.25) is 0 Å². The maximum absolute atomic E-state index is 14.1. The summed E-state index contributed by atoms with van der Waals surface area (Å²) in [7, 11) is 1.64. The average molecular weight is 394 g/mol. The van der Waals surface area contributed by atoms with Gasteiger partial charge in [-0.3, -0.25) is 4.99 Å². The molecule has 150 valence electrons. The van der Waals surface area contributed by atoms with Gasteiger partial charge in [0.1, 0.15) is 11.6 Å². The molecule has 29 heavy (non-hydrogen) atoms. The molecule has 6 nitrogen and oxygen atoms in total. The summed E-state index contributed by atoms with van der Waals surface area (Å²) in [5.74, 6) is 1.52. The molecule has 3 rings (SSSR count). The molecule has 0 fully saturated rings. The molecular weight excluding hydrogens is 371 g/mol. The maximum Gasteiger partial charge on any atom is 0.191 e. The number of guanidine groups is 1. The first-order valence-corrected chi connectivity index (χ1v) is 9.36. The van der Waals surface area contributed by atoms with Crippen LogP contribution in [0.2, 0.25) is 0 Å². The monoisotopic (exact) mass is 394 g/mol. The fourth-order valence-electron chi connectivity index (χ4n) is 2.95. The van der Waals surface area contributed by atoms with Gasteiger partial charge in [-0.05, 0) is 38.1 Å². The third kappa shape index (κ3) is 4.66. The largest absolute Gasteiger partial charge is 0.490 e. The molecule has 0 aliphatic rings. The molecule has 0 radical (unpaired) electrons. The van der Waals surface area contributed by atoms with Crippen LogP contribution in [-0.2, 0) is 6.54 Å². The lowest BCUT2D eigenvalue weighted by Gasteiger charge is -2.16. The number of furan rings is 1. The van der Waals surface area contributed by atoms with Crippen LogP contribution in [0.4, 0.5) is 4.39 Å². The summed E-state index contributed by atoms with van der Waals surface area (Å²) in [5.41, 5.74) is 1.45. The summed E-state index contributed by atoms with van der Waals surface area (Å²) in [6.07, 6.45) is 0. The molecule has 0 aliphatic carbocycles. The Morgan fingerprint density at radius 2 is 2.14 bits per heavy atom. The zero-order chi connectivity index (χ0) is 20.8. The number of rotatable bonds is 6. The highest BCUT2D eigenvalue weighted by molar-refractivity contribution is 5.84. The minimum Gasteiger partial charge on any atom is -0.490 e. The Hall–Kier alpha value is -3.53. The van der Waals surface area contributed by atoms with E-state index in [1.807, 2.05) is 44.2 Å². The van der Waals surface area contributed by atoms with Crippen LogP contribution in [0.1, 0.15) is 36.8 Å². The van der Waals surface area contributed by atoms with Crippen molar-refractivity contribution in [1.82, 2.24) is 10.6 Å². The normalized spacial score (nSPS) is 12.4. The number of aliphatic imine (C=N–C) groups is 1. The van der Waals surface area contributed by atoms with Crippen molar-refractivity contribution < 1.29 is 13.5 Å². The molecule has 2 aromatic carbocycles. The minimum atomic E-state index is -0.430. The Labute approximate surface area is 169 Å². The minimum absolute atomic E-state index is 0.172. The molecule has 1 atom stereocenters. The third-order valence-corrected chi connectivity index (χ3v) is 4.46. The van der Waals surface area contributed by atoms with E-state index in [0.29, 0.717) is 35.0 Å². The van der Waals surface area contributed by atoms with E-state index in [0.717, 1.165) is 11.1 Å². The first-order valence-electron chi connectivity index (χ1n) is 9.36. The van der Waals surface area contributed by atoms with Gasteiger partial charge < -0.3 is 19.8 Å². The first-order chi connectivity index (χ1) is 14.0. The smallest absolute Gasteiger partial charge is 0.191 e. The predicted octanol–water partition coefficient (Wildman–Crippen LogP) is 4.27. The van der Waals surface area contributed by atoms with Gasteiger partial charge in [-0.25, -0.2) is 4.39 Å². The molecule has 1 aromatic heterocycles. The lowest BCUT2D eigenvalue weighted by molar-refractivity contribution is 0.336. The van der Waals surface area contributed by atoms with Gasteiger partial charge in [0.25, 0.3) is 0 Å². The second-order valence-corrected chi connectivity index (χ2v) is 6.47. The van der Waals surface area contributed by atoms with E-state index in [1.54, 1.807) is 19.2 Å². The second kappa shape index (κ2) is 9.11. The predicted molar refractivity (Wildman–Crippen MR) is 110 cm³/mol. The molecule has 2 N–H and O–H groups in total. The van der Waals surface area contributed by atoms with Gasteiger partial charge in [0.15, 0.2) is 17.3 Å². The summed E-state index contributed by atoms with van der Waals surface area (Å²) < 4.78 is 25.7. The number of para-hydroxylation sites is 1. The SMILES string of the molecule is CCOc1cccc2cc(C(C)NC(=NC)NCc3ccc(C#N)cc3F)oc12. The molecule has 1 heterocycles. The summed E-state index contributed by atoms with van der Waals surface area (Å²) in [5, 5.41) is 16.1. The first kappa shape index (κ1) is 20.2. The molecule has 0 spiro atoms. The van der Waals surface area contributed by atoms with Gasteiger partial charge >= 0.3 is 0 Å². The zero-order valence-electron chi connectivity index (χ0n) is 16.6. The number of fused-ring (bicyclic) bond motifs is 1. The Kier molecular flexibility index (Phi) is 6.35. The second-order valence-electron chi connectivity index (χ2n) is 6.47. The van der Waals surface area contributed by atoms with Crippen LogP contribution in [0.15, 0.2) is 51.9 Å². The highest BCUT2D eigenvalue weighted by Gasteiger charge is 2.15. The summed E-state index contributed by atoms with van der Waals surface area (Å²) in [6, 6.07) is 13.9. The molecule has 0 saturated heterocycles. The van der Waals surface area contributed by atoms with Crippen molar-refractivity contribution in [3.05, 3.63) is 65.2 Å². The lowest BCUT2D eigenvalue weighted by Crippen LogP contribution is -2.38. The number of nitrogens with zero attached hydrogens (tertiary/aromatic N) is 2. The van der Waals surface area contributed by atoms with Gasteiger partial charge in [0, 0.05) is 24.5 Å². The van der Waals surface area contributed by atoms with E-state index in [2.05, 4.69) is 15.6 Å². The molecule has 0 amide bonds. The van der Waals surface area contributed by atoms with E-state index in [4.69, 9.17) is 14.4 Å². The summed E-state index contributed by atoms with van der Waals surface area (Å²) >= 11 is 0. The van der Waals surface area contributed by atoms with Crippen LogP contribution in [0.25, 0.3) is 11.0 Å². The molecule has 0 saturated carbocycles. The number of ether oxygens (including phenoxy) is 1. The van der Waals surface area contributed by atoms with Crippen LogP contribution in [0.5, 0.6) is 5.75 Å². The molecule has 3 aromatic rings. The van der Waals surface area contributed by atoms with Crippen LogP contribution < -0.4 is 15.4 Å². The van der Waals surface area contributed by atoms with Crippen LogP contribution in [-0.4, -0.2) is 19.6 Å². The Morgan fingerprint density at radius 3 is 2.83 bits per heavy atom. The summed E-state index contributed by atoms with van der Waals surface area (Å²) in [4.78, 5) is 4.19. The number of hydrogen-bond acceptors (Lipinski definition) is 4. The fraction of sp³-hybridized carbons (Fsp3) is 0.273. The number of benzene rings is 2. The van der Waals surface area contributed by atoms with Gasteiger partial charge in [-0.15, -0.1) is 0 Å². The van der Waals surface area contributed by atoms with E-state index in [-0.39, 0.29) is 12.6 Å². The molecular formula is C22H23FN4O2. The molecule has 0 bridgehead atoms. The van der Waals surface area contributed by atoms with Crippen LogP contribution in [0, 0.1) is 17.1 Å². The average Bonchev–Trinajstić information content (AvgIpc) is 3.17. The van der Waals surface area contributed by atoms with Crippen molar-refractivity contribution in [2.45, 2.75) is 26.4 Å².